The van der Waals surface area contributed by atoms with E-state index in [4.69, 9.17) is 17.7 Å². The van der Waals surface area contributed by atoms with Gasteiger partial charge in [0.2, 0.25) is 5.88 Å². The summed E-state index contributed by atoms with van der Waals surface area (Å²) in [5.74, 6) is 0.791. The molecule has 6 heterocycles. The van der Waals surface area contributed by atoms with Gasteiger partial charge in [0, 0.05) is 22.3 Å². The number of furan rings is 2. The van der Waals surface area contributed by atoms with Crippen LogP contribution in [0.15, 0.2) is 109 Å². The fourth-order valence-electron chi connectivity index (χ4n) is 8.32. The van der Waals surface area contributed by atoms with Gasteiger partial charge in [-0.05, 0) is 69.9 Å². The van der Waals surface area contributed by atoms with Gasteiger partial charge in [-0.2, -0.15) is 0 Å². The predicted octanol–water partition coefficient (Wildman–Crippen LogP) is 9.42. The lowest BCUT2D eigenvalue weighted by Crippen LogP contribution is -2.59. The summed E-state index contributed by atoms with van der Waals surface area (Å²) in [6.07, 6.45) is 0. The molecule has 7 heteroatoms. The van der Waals surface area contributed by atoms with Crippen molar-refractivity contribution in [3.05, 3.63) is 102 Å². The van der Waals surface area contributed by atoms with Crippen molar-refractivity contribution in [3.63, 3.8) is 0 Å². The summed E-state index contributed by atoms with van der Waals surface area (Å²) in [5.41, 5.74) is 15.1. The SMILES string of the molecule is CC(C)(C)c1ccc2c(c1)oc1cc3oc4cc(C(C)(C)C)ccc4n4c3c3c1n2-c1oc2ccccc2c1B3c1oc2ccccc2c1-4. The van der Waals surface area contributed by atoms with Crippen molar-refractivity contribution in [3.8, 4) is 11.6 Å². The molecule has 238 valence electrons. The van der Waals surface area contributed by atoms with Crippen molar-refractivity contribution >= 4 is 89.6 Å². The van der Waals surface area contributed by atoms with Crippen LogP contribution >= 0.6 is 0 Å². The molecule has 2 aliphatic heterocycles. The molecule has 4 aromatic heterocycles. The largest absolute Gasteiger partial charge is 0.468 e. The second-order valence-electron chi connectivity index (χ2n) is 15.8. The van der Waals surface area contributed by atoms with Gasteiger partial charge in [-0.3, -0.25) is 4.57 Å². The standard InChI is InChI=1S/C42H33BN2O4/c1-41(2,3)22-15-17-26-30(19-22)46-32-21-33-38-35-37(32)44(26)36-25-12-8-10-14-29(25)48-39(36)43(35)34-24-11-7-9-13-28(24)49-40(34)45(38)27-18-16-23(42(4,5)6)20-31(27)47-33/h7-21H,1-6H3. The lowest BCUT2D eigenvalue weighted by molar-refractivity contribution is 0.577. The molecule has 0 aliphatic carbocycles. The molecule has 0 fully saturated rings. The number of hydrogen-bond acceptors (Lipinski definition) is 4. The Hall–Kier alpha value is -5.56. The van der Waals surface area contributed by atoms with Crippen LogP contribution < -0.4 is 16.6 Å². The molecule has 5 aromatic carbocycles. The van der Waals surface area contributed by atoms with Gasteiger partial charge in [0.25, 0.3) is 0 Å². The van der Waals surface area contributed by atoms with E-state index in [-0.39, 0.29) is 17.5 Å². The number of aromatic nitrogens is 2. The average Bonchev–Trinajstić information content (AvgIpc) is 3.65. The molecular weight excluding hydrogens is 607 g/mol. The van der Waals surface area contributed by atoms with Gasteiger partial charge in [-0.25, -0.2) is 0 Å². The molecule has 0 spiro atoms. The zero-order chi connectivity index (χ0) is 33.1. The van der Waals surface area contributed by atoms with Crippen LogP contribution in [0, 0.1) is 0 Å². The second kappa shape index (κ2) is 8.72. The highest BCUT2D eigenvalue weighted by molar-refractivity contribution is 7.01. The van der Waals surface area contributed by atoms with E-state index in [9.17, 15) is 0 Å². The van der Waals surface area contributed by atoms with E-state index in [0.29, 0.717) is 0 Å². The number of nitrogens with zero attached hydrogens (tertiary/aromatic N) is 2. The molecule has 0 saturated carbocycles. The van der Waals surface area contributed by atoms with Crippen LogP contribution in [0.25, 0.3) is 77.9 Å². The van der Waals surface area contributed by atoms with E-state index in [0.717, 1.165) is 94.5 Å². The number of fused-ring (bicyclic) bond motifs is 14. The van der Waals surface area contributed by atoms with Crippen LogP contribution in [-0.4, -0.2) is 15.8 Å². The van der Waals surface area contributed by atoms with E-state index in [1.807, 2.05) is 12.1 Å². The molecule has 6 nitrogen and oxygen atoms in total. The first-order valence-corrected chi connectivity index (χ1v) is 17.0. The Morgan fingerprint density at radius 1 is 0.490 bits per heavy atom. The molecule has 49 heavy (non-hydrogen) atoms. The Morgan fingerprint density at radius 3 is 1.67 bits per heavy atom. The van der Waals surface area contributed by atoms with Crippen LogP contribution in [0.1, 0.15) is 52.7 Å². The van der Waals surface area contributed by atoms with Crippen molar-refractivity contribution in [1.82, 2.24) is 9.13 Å². The van der Waals surface area contributed by atoms with Gasteiger partial charge < -0.3 is 22.2 Å². The monoisotopic (exact) mass is 640 g/mol. The normalized spacial score (nSPS) is 13.9. The van der Waals surface area contributed by atoms with Gasteiger partial charge in [-0.15, -0.1) is 0 Å². The summed E-state index contributed by atoms with van der Waals surface area (Å²) in [7, 11) is 0. The third kappa shape index (κ3) is 3.42. The fraction of sp³-hybridized carbons (Fsp3) is 0.190. The first-order valence-electron chi connectivity index (χ1n) is 17.0. The van der Waals surface area contributed by atoms with E-state index in [1.165, 1.54) is 11.1 Å². The topological polar surface area (TPSA) is 62.4 Å². The minimum absolute atomic E-state index is 0.0438. The highest BCUT2D eigenvalue weighted by Crippen LogP contribution is 2.41. The lowest BCUT2D eigenvalue weighted by Gasteiger charge is -2.32. The van der Waals surface area contributed by atoms with Gasteiger partial charge in [0.15, 0.2) is 22.3 Å². The Balaban J connectivity index is 1.42. The number of hydrogen-bond donors (Lipinski definition) is 0. The van der Waals surface area contributed by atoms with Crippen LogP contribution in [-0.2, 0) is 10.8 Å². The maximum atomic E-state index is 6.97. The fourth-order valence-corrected chi connectivity index (χ4v) is 8.32. The molecule has 0 radical (unpaired) electrons. The predicted molar refractivity (Wildman–Crippen MR) is 199 cm³/mol. The third-order valence-corrected chi connectivity index (χ3v) is 10.7. The van der Waals surface area contributed by atoms with Crippen molar-refractivity contribution in [2.45, 2.75) is 52.4 Å². The molecule has 0 saturated heterocycles. The van der Waals surface area contributed by atoms with E-state index in [1.54, 1.807) is 0 Å². The molecule has 0 atom stereocenters. The van der Waals surface area contributed by atoms with Crippen molar-refractivity contribution in [1.29, 1.82) is 0 Å². The Bertz CT molecular complexity index is 2980. The van der Waals surface area contributed by atoms with Crippen molar-refractivity contribution in [2.24, 2.45) is 0 Å². The summed E-state index contributed by atoms with van der Waals surface area (Å²) in [6.45, 7) is 13.1. The number of benzene rings is 5. The van der Waals surface area contributed by atoms with E-state index < -0.39 is 0 Å². The van der Waals surface area contributed by atoms with Crippen LogP contribution in [0.4, 0.5) is 0 Å². The first kappa shape index (κ1) is 27.4. The van der Waals surface area contributed by atoms with Gasteiger partial charge in [0.1, 0.15) is 11.2 Å². The lowest BCUT2D eigenvalue weighted by atomic mass is 9.36. The van der Waals surface area contributed by atoms with Crippen LogP contribution in [0.3, 0.4) is 0 Å². The third-order valence-electron chi connectivity index (χ3n) is 10.7. The molecule has 9 aromatic rings. The summed E-state index contributed by atoms with van der Waals surface area (Å²) in [4.78, 5) is 0. The number of rotatable bonds is 0. The van der Waals surface area contributed by atoms with E-state index in [2.05, 4.69) is 130 Å². The van der Waals surface area contributed by atoms with Crippen LogP contribution in [0.5, 0.6) is 0 Å². The number of para-hydroxylation sites is 2. The molecule has 11 rings (SSSR count). The quantitative estimate of drug-likeness (QED) is 0.122. The maximum Gasteiger partial charge on any atom is 0.302 e. The Kier molecular flexibility index (Phi) is 4.88. The zero-order valence-electron chi connectivity index (χ0n) is 28.3. The highest BCUT2D eigenvalue weighted by atomic mass is 16.4. The molecule has 0 N–H and O–H groups in total. The summed E-state index contributed by atoms with van der Waals surface area (Å²) >= 11 is 0. The summed E-state index contributed by atoms with van der Waals surface area (Å²) in [6, 6.07) is 32.0. The summed E-state index contributed by atoms with van der Waals surface area (Å²) in [5, 5.41) is 2.13. The van der Waals surface area contributed by atoms with Crippen molar-refractivity contribution in [2.75, 3.05) is 0 Å². The van der Waals surface area contributed by atoms with Gasteiger partial charge in [-0.1, -0.05) is 84.0 Å². The minimum Gasteiger partial charge on any atom is -0.468 e. The Labute approximate surface area is 281 Å². The Morgan fingerprint density at radius 2 is 1.04 bits per heavy atom. The van der Waals surface area contributed by atoms with Crippen LogP contribution in [0.2, 0.25) is 0 Å². The summed E-state index contributed by atoms with van der Waals surface area (Å²) < 4.78 is 32.4. The minimum atomic E-state index is -0.254. The van der Waals surface area contributed by atoms with E-state index >= 15 is 0 Å². The van der Waals surface area contributed by atoms with Gasteiger partial charge in [0.05, 0.1) is 33.4 Å². The van der Waals surface area contributed by atoms with Crippen molar-refractivity contribution < 1.29 is 17.7 Å². The molecular formula is C42H33BN2O4. The highest BCUT2D eigenvalue weighted by Gasteiger charge is 2.46. The zero-order valence-corrected chi connectivity index (χ0v) is 28.3. The molecule has 0 unspecified atom stereocenters. The smallest absolute Gasteiger partial charge is 0.302 e. The maximum absolute atomic E-state index is 6.97. The molecule has 0 bridgehead atoms. The first-order chi connectivity index (χ1) is 23.6. The molecule has 2 aliphatic rings. The van der Waals surface area contributed by atoms with Gasteiger partial charge >= 0.3 is 6.71 Å². The second-order valence-corrected chi connectivity index (χ2v) is 15.8. The average molecular weight is 641 g/mol. The molecule has 0 amide bonds.